The van der Waals surface area contributed by atoms with Crippen molar-refractivity contribution < 1.29 is 12.8 Å². The van der Waals surface area contributed by atoms with Gasteiger partial charge in [0.05, 0.1) is 4.90 Å². The van der Waals surface area contributed by atoms with Crippen molar-refractivity contribution in [1.29, 1.82) is 0 Å². The van der Waals surface area contributed by atoms with E-state index < -0.39 is 9.05 Å². The summed E-state index contributed by atoms with van der Waals surface area (Å²) < 4.78 is 27.0. The van der Waals surface area contributed by atoms with Gasteiger partial charge in [0.2, 0.25) is 0 Å². The Balaban J connectivity index is 2.74. The Morgan fingerprint density at radius 1 is 1.21 bits per heavy atom. The lowest BCUT2D eigenvalue weighted by Crippen LogP contribution is -1.88. The number of furan rings is 1. The van der Waals surface area contributed by atoms with Gasteiger partial charge < -0.3 is 4.42 Å². The minimum atomic E-state index is -3.72. The van der Waals surface area contributed by atoms with Gasteiger partial charge in [-0.15, -0.1) is 0 Å². The molecule has 0 spiro atoms. The van der Waals surface area contributed by atoms with Crippen LogP contribution in [0.25, 0.3) is 11.0 Å². The zero-order valence-electron chi connectivity index (χ0n) is 6.70. The number of hydrogen-bond donors (Lipinski definition) is 0. The van der Waals surface area contributed by atoms with E-state index in [1.807, 2.05) is 0 Å². The number of benzene rings is 1. The van der Waals surface area contributed by atoms with Crippen LogP contribution >= 0.6 is 22.3 Å². The average molecular weight is 251 g/mol. The van der Waals surface area contributed by atoms with Crippen LogP contribution in [0.2, 0.25) is 5.22 Å². The van der Waals surface area contributed by atoms with Gasteiger partial charge in [-0.25, -0.2) is 8.42 Å². The van der Waals surface area contributed by atoms with E-state index in [1.54, 1.807) is 12.1 Å². The van der Waals surface area contributed by atoms with Crippen molar-refractivity contribution in [2.24, 2.45) is 0 Å². The minimum absolute atomic E-state index is 0.00215. The molecule has 0 amide bonds. The van der Waals surface area contributed by atoms with E-state index >= 15 is 0 Å². The summed E-state index contributed by atoms with van der Waals surface area (Å²) in [5.74, 6) is 0. The highest BCUT2D eigenvalue weighted by Gasteiger charge is 2.11. The molecule has 0 unspecified atom stereocenters. The molecule has 1 aromatic heterocycles. The summed E-state index contributed by atoms with van der Waals surface area (Å²) in [5, 5.41) is 0.947. The molecule has 0 aliphatic carbocycles. The normalized spacial score (nSPS) is 12.1. The molecule has 3 nitrogen and oxygen atoms in total. The van der Waals surface area contributed by atoms with Crippen LogP contribution in [0.3, 0.4) is 0 Å². The maximum Gasteiger partial charge on any atom is 0.261 e. The van der Waals surface area contributed by atoms with Crippen LogP contribution in [0.1, 0.15) is 0 Å². The first-order valence-corrected chi connectivity index (χ1v) is 6.29. The quantitative estimate of drug-likeness (QED) is 0.732. The molecule has 0 aliphatic rings. The molecule has 2 aromatic rings. The van der Waals surface area contributed by atoms with Crippen LogP contribution in [-0.2, 0) is 9.05 Å². The summed E-state index contributed by atoms with van der Waals surface area (Å²) in [6, 6.07) is 5.92. The lowest BCUT2D eigenvalue weighted by atomic mass is 10.3. The van der Waals surface area contributed by atoms with Crippen molar-refractivity contribution in [2.45, 2.75) is 4.90 Å². The minimum Gasteiger partial charge on any atom is -0.445 e. The van der Waals surface area contributed by atoms with Crippen molar-refractivity contribution in [1.82, 2.24) is 0 Å². The molecule has 0 saturated carbocycles. The standard InChI is InChI=1S/C8H4Cl2O3S/c9-8-3-5-1-2-6(14(10,11)12)4-7(5)13-8/h1-4H. The highest BCUT2D eigenvalue weighted by molar-refractivity contribution is 8.13. The molecular weight excluding hydrogens is 247 g/mol. The predicted octanol–water partition coefficient (Wildman–Crippen LogP) is 3.01. The molecule has 6 heteroatoms. The fourth-order valence-electron chi connectivity index (χ4n) is 1.13. The number of hydrogen-bond acceptors (Lipinski definition) is 3. The molecule has 0 fully saturated rings. The van der Waals surface area contributed by atoms with Crippen LogP contribution in [0.15, 0.2) is 33.6 Å². The molecule has 1 heterocycles. The Morgan fingerprint density at radius 3 is 2.57 bits per heavy atom. The topological polar surface area (TPSA) is 47.3 Å². The van der Waals surface area contributed by atoms with Gasteiger partial charge in [0.1, 0.15) is 5.58 Å². The Morgan fingerprint density at radius 2 is 1.93 bits per heavy atom. The van der Waals surface area contributed by atoms with Crippen LogP contribution in [0.5, 0.6) is 0 Å². The van der Waals surface area contributed by atoms with Gasteiger partial charge in [-0.2, -0.15) is 0 Å². The maximum atomic E-state index is 11.0. The Bertz CT molecular complexity index is 586. The van der Waals surface area contributed by atoms with Crippen LogP contribution in [0.4, 0.5) is 0 Å². The van der Waals surface area contributed by atoms with Crippen molar-refractivity contribution in [2.75, 3.05) is 0 Å². The fraction of sp³-hybridized carbons (Fsp3) is 0. The second-order valence-electron chi connectivity index (χ2n) is 2.69. The van der Waals surface area contributed by atoms with E-state index in [-0.39, 0.29) is 10.1 Å². The van der Waals surface area contributed by atoms with E-state index in [1.165, 1.54) is 12.1 Å². The molecule has 0 N–H and O–H groups in total. The van der Waals surface area contributed by atoms with Gasteiger partial charge in [0.25, 0.3) is 9.05 Å². The number of rotatable bonds is 1. The molecule has 74 valence electrons. The second-order valence-corrected chi connectivity index (χ2v) is 5.63. The van der Waals surface area contributed by atoms with Crippen molar-refractivity contribution in [3.8, 4) is 0 Å². The first-order chi connectivity index (χ1) is 6.47. The first-order valence-electron chi connectivity index (χ1n) is 3.60. The molecule has 1 aromatic carbocycles. The van der Waals surface area contributed by atoms with Crippen molar-refractivity contribution >= 4 is 42.3 Å². The summed E-state index contributed by atoms with van der Waals surface area (Å²) in [6.45, 7) is 0. The third-order valence-corrected chi connectivity index (χ3v) is 3.28. The van der Waals surface area contributed by atoms with Gasteiger partial charge in [-0.1, -0.05) is 0 Å². The third kappa shape index (κ3) is 1.73. The Labute approximate surface area is 89.6 Å². The highest BCUT2D eigenvalue weighted by atomic mass is 35.7. The molecule has 0 bridgehead atoms. The van der Waals surface area contributed by atoms with Gasteiger partial charge in [-0.3, -0.25) is 0 Å². The smallest absolute Gasteiger partial charge is 0.261 e. The first kappa shape index (κ1) is 9.83. The zero-order valence-corrected chi connectivity index (χ0v) is 9.03. The third-order valence-electron chi connectivity index (χ3n) is 1.74. The molecule has 0 saturated heterocycles. The lowest BCUT2D eigenvalue weighted by molar-refractivity contribution is 0.605. The maximum absolute atomic E-state index is 11.0. The SMILES string of the molecule is O=S(=O)(Cl)c1ccc2cc(Cl)oc2c1. The average Bonchev–Trinajstić information content (AvgIpc) is 2.41. The van der Waals surface area contributed by atoms with E-state index in [0.717, 1.165) is 5.39 Å². The molecule has 14 heavy (non-hydrogen) atoms. The molecule has 0 radical (unpaired) electrons. The summed E-state index contributed by atoms with van der Waals surface area (Å²) in [7, 11) is 1.45. The summed E-state index contributed by atoms with van der Waals surface area (Å²) in [4.78, 5) is -0.00215. The van der Waals surface area contributed by atoms with Gasteiger partial charge >= 0.3 is 0 Å². The van der Waals surface area contributed by atoms with Gasteiger partial charge in [0, 0.05) is 28.2 Å². The van der Waals surface area contributed by atoms with E-state index in [2.05, 4.69) is 0 Å². The largest absolute Gasteiger partial charge is 0.445 e. The van der Waals surface area contributed by atoms with Crippen LogP contribution in [0, 0.1) is 0 Å². The van der Waals surface area contributed by atoms with Gasteiger partial charge in [-0.05, 0) is 23.7 Å². The highest BCUT2D eigenvalue weighted by Crippen LogP contribution is 2.26. The Hall–Kier alpha value is -0.710. The molecule has 0 aliphatic heterocycles. The number of fused-ring (bicyclic) bond motifs is 1. The van der Waals surface area contributed by atoms with Crippen molar-refractivity contribution in [3.63, 3.8) is 0 Å². The van der Waals surface area contributed by atoms with E-state index in [4.69, 9.17) is 26.7 Å². The predicted molar refractivity (Wildman–Crippen MR) is 54.3 cm³/mol. The summed E-state index contributed by atoms with van der Waals surface area (Å²) in [5.41, 5.74) is 0.400. The Kier molecular flexibility index (Phi) is 2.21. The number of halogens is 2. The molecule has 0 atom stereocenters. The monoisotopic (exact) mass is 250 g/mol. The summed E-state index contributed by atoms with van der Waals surface area (Å²) >= 11 is 5.60. The molecular formula is C8H4Cl2O3S. The molecule has 2 rings (SSSR count). The second kappa shape index (κ2) is 3.15. The van der Waals surface area contributed by atoms with E-state index in [9.17, 15) is 8.42 Å². The zero-order chi connectivity index (χ0) is 10.3. The lowest BCUT2D eigenvalue weighted by Gasteiger charge is -1.94. The summed E-state index contributed by atoms with van der Waals surface area (Å²) in [6.07, 6.45) is 0. The van der Waals surface area contributed by atoms with Gasteiger partial charge in [0.15, 0.2) is 5.22 Å². The van der Waals surface area contributed by atoms with E-state index in [0.29, 0.717) is 5.58 Å². The van der Waals surface area contributed by atoms with Crippen LogP contribution < -0.4 is 0 Å². The van der Waals surface area contributed by atoms with Crippen molar-refractivity contribution in [3.05, 3.63) is 29.5 Å². The van der Waals surface area contributed by atoms with Crippen LogP contribution in [-0.4, -0.2) is 8.42 Å². The fourth-order valence-corrected chi connectivity index (χ4v) is 2.10.